The Bertz CT molecular complexity index is 143. The SMILES string of the molecule is CC(C)NC(COI)C(=O)OI. The van der Waals surface area contributed by atoms with Gasteiger partial charge in [0.1, 0.15) is 29.0 Å². The number of hydrogen-bond donors (Lipinski definition) is 1. The zero-order valence-corrected chi connectivity index (χ0v) is 11.2. The summed E-state index contributed by atoms with van der Waals surface area (Å²) in [5.41, 5.74) is 0. The Morgan fingerprint density at radius 3 is 2.42 bits per heavy atom. The van der Waals surface area contributed by atoms with E-state index in [2.05, 4.69) is 8.38 Å². The van der Waals surface area contributed by atoms with Crippen LogP contribution in [0.2, 0.25) is 0 Å². The molecule has 0 aliphatic heterocycles. The van der Waals surface area contributed by atoms with Gasteiger partial charge >= 0.3 is 5.97 Å². The smallest absolute Gasteiger partial charge is 0.334 e. The van der Waals surface area contributed by atoms with Gasteiger partial charge in [-0.3, -0.25) is 0 Å². The Balaban J connectivity index is 3.94. The maximum Gasteiger partial charge on any atom is 0.334 e. The molecule has 0 aliphatic rings. The Morgan fingerprint density at radius 2 is 2.08 bits per heavy atom. The molecular formula is C6H11I2NO3. The van der Waals surface area contributed by atoms with Gasteiger partial charge in [-0.1, -0.05) is 13.8 Å². The van der Waals surface area contributed by atoms with E-state index < -0.39 is 0 Å². The summed E-state index contributed by atoms with van der Waals surface area (Å²) in [4.78, 5) is 11.1. The molecule has 4 nitrogen and oxygen atoms in total. The van der Waals surface area contributed by atoms with E-state index in [1.807, 2.05) is 13.8 Å². The second-order valence-corrected chi connectivity index (χ2v) is 3.61. The fraction of sp³-hybridized carbons (Fsp3) is 0.833. The molecule has 0 aromatic rings. The van der Waals surface area contributed by atoms with Crippen molar-refractivity contribution in [1.29, 1.82) is 0 Å². The topological polar surface area (TPSA) is 47.6 Å². The van der Waals surface area contributed by atoms with Crippen LogP contribution in [0.1, 0.15) is 13.8 Å². The molecule has 0 rings (SSSR count). The molecule has 0 spiro atoms. The first kappa shape index (κ1) is 12.8. The normalized spacial score (nSPS) is 13.1. The van der Waals surface area contributed by atoms with Gasteiger partial charge < -0.3 is 11.4 Å². The van der Waals surface area contributed by atoms with Crippen molar-refractivity contribution < 1.29 is 10.9 Å². The van der Waals surface area contributed by atoms with Crippen molar-refractivity contribution in [3.63, 3.8) is 0 Å². The van der Waals surface area contributed by atoms with E-state index in [0.29, 0.717) is 6.61 Å². The first-order chi connectivity index (χ1) is 5.61. The van der Waals surface area contributed by atoms with Crippen molar-refractivity contribution in [2.24, 2.45) is 0 Å². The molecule has 0 aliphatic carbocycles. The average molecular weight is 399 g/mol. The minimum atomic E-state index is -0.376. The predicted octanol–water partition coefficient (Wildman–Crippen LogP) is 1.61. The number of carbonyl (C=O) groups excluding carboxylic acids is 1. The lowest BCUT2D eigenvalue weighted by atomic mass is 10.3. The van der Waals surface area contributed by atoms with Crippen molar-refractivity contribution in [3.05, 3.63) is 0 Å². The highest BCUT2D eigenvalue weighted by Crippen LogP contribution is 1.99. The van der Waals surface area contributed by atoms with Gasteiger partial charge in [-0.2, -0.15) is 0 Å². The van der Waals surface area contributed by atoms with Crippen LogP contribution in [-0.2, 0) is 10.9 Å². The monoisotopic (exact) mass is 399 g/mol. The fourth-order valence-electron chi connectivity index (χ4n) is 0.703. The highest BCUT2D eigenvalue weighted by atomic mass is 127. The van der Waals surface area contributed by atoms with Crippen LogP contribution < -0.4 is 5.32 Å². The molecule has 0 radical (unpaired) electrons. The van der Waals surface area contributed by atoms with Crippen molar-refractivity contribution in [1.82, 2.24) is 5.32 Å². The second-order valence-electron chi connectivity index (χ2n) is 2.55. The molecule has 0 fully saturated rings. The summed E-state index contributed by atoms with van der Waals surface area (Å²) in [6.07, 6.45) is 0. The van der Waals surface area contributed by atoms with Gasteiger partial charge in [0, 0.05) is 6.04 Å². The molecule has 0 saturated carbocycles. The summed E-state index contributed by atoms with van der Waals surface area (Å²) in [7, 11) is 0. The van der Waals surface area contributed by atoms with Crippen LogP contribution in [0, 0.1) is 0 Å². The van der Waals surface area contributed by atoms with Crippen LogP contribution in [0.25, 0.3) is 0 Å². The minimum Gasteiger partial charge on any atom is -0.393 e. The average Bonchev–Trinajstić information content (AvgIpc) is 2.01. The number of hydrogen-bond acceptors (Lipinski definition) is 4. The number of carbonyl (C=O) groups is 1. The van der Waals surface area contributed by atoms with E-state index in [-0.39, 0.29) is 18.1 Å². The second kappa shape index (κ2) is 7.27. The number of rotatable bonds is 5. The van der Waals surface area contributed by atoms with Gasteiger partial charge in [0.25, 0.3) is 0 Å². The zero-order chi connectivity index (χ0) is 9.56. The van der Waals surface area contributed by atoms with E-state index in [9.17, 15) is 4.79 Å². The Labute approximate surface area is 100 Å². The lowest BCUT2D eigenvalue weighted by Gasteiger charge is -2.16. The Hall–Kier alpha value is 0.850. The maximum atomic E-state index is 11.1. The van der Waals surface area contributed by atoms with E-state index >= 15 is 0 Å². The van der Waals surface area contributed by atoms with Gasteiger partial charge in [-0.15, -0.1) is 0 Å². The van der Waals surface area contributed by atoms with Crippen molar-refractivity contribution in [2.45, 2.75) is 25.9 Å². The summed E-state index contributed by atoms with van der Waals surface area (Å²) >= 11 is 3.32. The van der Waals surface area contributed by atoms with E-state index in [0.717, 1.165) is 0 Å². The van der Waals surface area contributed by atoms with Gasteiger partial charge in [-0.25, -0.2) is 4.79 Å². The van der Waals surface area contributed by atoms with Crippen molar-refractivity contribution in [2.75, 3.05) is 6.61 Å². The van der Waals surface area contributed by atoms with Crippen LogP contribution in [0.5, 0.6) is 0 Å². The van der Waals surface area contributed by atoms with E-state index in [1.54, 1.807) is 46.0 Å². The van der Waals surface area contributed by atoms with Gasteiger partial charge in [0.2, 0.25) is 0 Å². The third-order valence-electron chi connectivity index (χ3n) is 1.12. The summed E-state index contributed by atoms with van der Waals surface area (Å²) in [6, 6.07) is -0.143. The van der Waals surface area contributed by atoms with Crippen molar-refractivity contribution in [3.8, 4) is 0 Å². The lowest BCUT2D eigenvalue weighted by molar-refractivity contribution is -0.134. The number of nitrogens with one attached hydrogen (secondary N) is 1. The molecule has 0 bridgehead atoms. The van der Waals surface area contributed by atoms with Crippen LogP contribution in [-0.4, -0.2) is 24.7 Å². The summed E-state index contributed by atoms with van der Waals surface area (Å²) in [6.45, 7) is 4.24. The molecule has 6 heteroatoms. The predicted molar refractivity (Wildman–Crippen MR) is 62.1 cm³/mol. The summed E-state index contributed by atoms with van der Waals surface area (Å²) < 4.78 is 9.38. The summed E-state index contributed by atoms with van der Waals surface area (Å²) in [5, 5.41) is 3.02. The fourth-order valence-corrected chi connectivity index (χ4v) is 1.37. The third-order valence-corrected chi connectivity index (χ3v) is 1.92. The molecule has 0 saturated heterocycles. The van der Waals surface area contributed by atoms with E-state index in [4.69, 9.17) is 3.07 Å². The molecule has 0 aromatic carbocycles. The molecular weight excluding hydrogens is 388 g/mol. The number of halogens is 2. The molecule has 12 heavy (non-hydrogen) atoms. The molecule has 1 atom stereocenters. The van der Waals surface area contributed by atoms with Gasteiger partial charge in [0.05, 0.1) is 6.61 Å². The molecule has 1 unspecified atom stereocenters. The standard InChI is InChI=1S/C6H11I2NO3/c1-4(2)9-5(3-11-7)6(10)12-8/h4-5,9H,3H2,1-2H3. The lowest BCUT2D eigenvalue weighted by Crippen LogP contribution is -2.43. The van der Waals surface area contributed by atoms with Crippen LogP contribution in [0.4, 0.5) is 0 Å². The van der Waals surface area contributed by atoms with E-state index in [1.165, 1.54) is 0 Å². The maximum absolute atomic E-state index is 11.1. The first-order valence-electron chi connectivity index (χ1n) is 3.43. The molecule has 0 heterocycles. The largest absolute Gasteiger partial charge is 0.393 e. The van der Waals surface area contributed by atoms with Crippen LogP contribution in [0.3, 0.4) is 0 Å². The first-order valence-corrected chi connectivity index (χ1v) is 5.20. The summed E-state index contributed by atoms with van der Waals surface area (Å²) in [5.74, 6) is -0.305. The minimum absolute atomic E-state index is 0.233. The molecule has 1 N–H and O–H groups in total. The molecule has 72 valence electrons. The quantitative estimate of drug-likeness (QED) is 0.715. The molecule has 0 aromatic heterocycles. The third kappa shape index (κ3) is 5.49. The Kier molecular flexibility index (Phi) is 7.79. The van der Waals surface area contributed by atoms with Gasteiger partial charge in [0.15, 0.2) is 23.0 Å². The van der Waals surface area contributed by atoms with Crippen LogP contribution in [0.15, 0.2) is 0 Å². The highest BCUT2D eigenvalue weighted by molar-refractivity contribution is 14.1. The molecule has 0 amide bonds. The van der Waals surface area contributed by atoms with Gasteiger partial charge in [-0.05, 0) is 0 Å². The highest BCUT2D eigenvalue weighted by Gasteiger charge is 2.20. The van der Waals surface area contributed by atoms with Crippen molar-refractivity contribution >= 4 is 52.0 Å². The van der Waals surface area contributed by atoms with Crippen LogP contribution >= 0.6 is 46.0 Å². The Morgan fingerprint density at radius 1 is 1.50 bits per heavy atom. The zero-order valence-electron chi connectivity index (χ0n) is 6.84.